The van der Waals surface area contributed by atoms with Crippen LogP contribution in [0.25, 0.3) is 5.65 Å². The molecule has 0 amide bonds. The van der Waals surface area contributed by atoms with Gasteiger partial charge in [0.15, 0.2) is 5.65 Å². The minimum atomic E-state index is -0.254. The maximum atomic E-state index is 11.6. The highest BCUT2D eigenvalue weighted by molar-refractivity contribution is 5.51. The molecule has 2 aromatic heterocycles. The number of H-pyrrole nitrogens is 1. The number of aromatic nitrogens is 4. The van der Waals surface area contributed by atoms with E-state index in [9.17, 15) is 4.79 Å². The van der Waals surface area contributed by atoms with Crippen molar-refractivity contribution in [2.24, 2.45) is 11.7 Å². The van der Waals surface area contributed by atoms with Crippen molar-refractivity contribution in [2.45, 2.75) is 26.3 Å². The molecule has 1 saturated heterocycles. The van der Waals surface area contributed by atoms with Crippen LogP contribution in [-0.2, 0) is 0 Å². The summed E-state index contributed by atoms with van der Waals surface area (Å²) >= 11 is 0. The molecule has 7 heteroatoms. The van der Waals surface area contributed by atoms with Gasteiger partial charge < -0.3 is 10.6 Å². The Morgan fingerprint density at radius 2 is 2.26 bits per heavy atom. The van der Waals surface area contributed by atoms with Gasteiger partial charge in [0.2, 0.25) is 0 Å². The molecule has 102 valence electrons. The first-order chi connectivity index (χ1) is 9.04. The predicted molar refractivity (Wildman–Crippen MR) is 72.3 cm³/mol. The number of nitrogens with one attached hydrogen (secondary N) is 1. The number of piperidine rings is 1. The van der Waals surface area contributed by atoms with E-state index < -0.39 is 0 Å². The number of rotatable bonds is 1. The maximum Gasteiger partial charge on any atom is 0.349 e. The van der Waals surface area contributed by atoms with Gasteiger partial charge in [0, 0.05) is 25.2 Å². The fourth-order valence-corrected chi connectivity index (χ4v) is 2.83. The van der Waals surface area contributed by atoms with Crippen molar-refractivity contribution in [3.63, 3.8) is 0 Å². The third-order valence-corrected chi connectivity index (χ3v) is 3.57. The first-order valence-electron chi connectivity index (χ1n) is 6.50. The van der Waals surface area contributed by atoms with Crippen molar-refractivity contribution < 1.29 is 0 Å². The lowest BCUT2D eigenvalue weighted by Crippen LogP contribution is -2.46. The number of hydrogen-bond acceptors (Lipinski definition) is 5. The van der Waals surface area contributed by atoms with Gasteiger partial charge in [-0.25, -0.2) is 19.3 Å². The smallest absolute Gasteiger partial charge is 0.349 e. The van der Waals surface area contributed by atoms with E-state index in [0.717, 1.165) is 25.3 Å². The Morgan fingerprint density at radius 1 is 1.47 bits per heavy atom. The average Bonchev–Trinajstić information content (AvgIpc) is 2.70. The zero-order valence-corrected chi connectivity index (χ0v) is 11.1. The number of nitrogens with two attached hydrogens (primary N) is 1. The van der Waals surface area contributed by atoms with Gasteiger partial charge in [-0.05, 0) is 19.3 Å². The number of nitrogens with zero attached hydrogens (tertiary/aromatic N) is 4. The summed E-state index contributed by atoms with van der Waals surface area (Å²) in [6.45, 7) is 5.73. The summed E-state index contributed by atoms with van der Waals surface area (Å²) in [5.41, 5.74) is 6.40. The molecule has 2 unspecified atom stereocenters. The second-order valence-electron chi connectivity index (χ2n) is 5.39. The summed E-state index contributed by atoms with van der Waals surface area (Å²) in [4.78, 5) is 18.2. The van der Waals surface area contributed by atoms with Gasteiger partial charge in [0.25, 0.3) is 0 Å². The van der Waals surface area contributed by atoms with Crippen molar-refractivity contribution in [2.75, 3.05) is 18.0 Å². The molecule has 0 bridgehead atoms. The number of aryl methyl sites for hydroxylation is 1. The Balaban J connectivity index is 2.03. The molecular formula is C12H18N6O. The zero-order valence-electron chi connectivity index (χ0n) is 11.1. The Kier molecular flexibility index (Phi) is 2.78. The number of aromatic amines is 1. The monoisotopic (exact) mass is 262 g/mol. The number of anilines is 1. The molecule has 3 rings (SSSR count). The average molecular weight is 262 g/mol. The summed E-state index contributed by atoms with van der Waals surface area (Å²) < 4.78 is 1.47. The third kappa shape index (κ3) is 2.10. The molecule has 1 fully saturated rings. The molecule has 0 aromatic carbocycles. The minimum Gasteiger partial charge on any atom is -0.355 e. The predicted octanol–water partition coefficient (Wildman–Crippen LogP) is -0.100. The molecule has 19 heavy (non-hydrogen) atoms. The van der Waals surface area contributed by atoms with Crippen LogP contribution in [-0.4, -0.2) is 38.7 Å². The summed E-state index contributed by atoms with van der Waals surface area (Å²) in [5, 5.41) is 6.44. The van der Waals surface area contributed by atoms with E-state index in [1.165, 1.54) is 4.40 Å². The highest BCUT2D eigenvalue weighted by Gasteiger charge is 2.24. The molecule has 1 aliphatic heterocycles. The van der Waals surface area contributed by atoms with E-state index in [4.69, 9.17) is 5.73 Å². The first-order valence-corrected chi connectivity index (χ1v) is 6.50. The topological polar surface area (TPSA) is 92.3 Å². The van der Waals surface area contributed by atoms with Gasteiger partial charge in [0.05, 0.1) is 0 Å². The fourth-order valence-electron chi connectivity index (χ4n) is 2.83. The van der Waals surface area contributed by atoms with Crippen LogP contribution in [0.4, 0.5) is 5.82 Å². The van der Waals surface area contributed by atoms with Gasteiger partial charge in [-0.2, -0.15) is 5.10 Å². The molecule has 0 spiro atoms. The fraction of sp³-hybridized carbons (Fsp3) is 0.583. The SMILES string of the molecule is Cc1nc(N2CC(C)CC(N)C2)cc2n[nH]c(=O)n12. The second-order valence-corrected chi connectivity index (χ2v) is 5.39. The largest absolute Gasteiger partial charge is 0.355 e. The van der Waals surface area contributed by atoms with Gasteiger partial charge >= 0.3 is 5.69 Å². The Labute approximate surface area is 110 Å². The van der Waals surface area contributed by atoms with Crippen LogP contribution in [0.15, 0.2) is 10.9 Å². The lowest BCUT2D eigenvalue weighted by molar-refractivity contribution is 0.399. The summed E-state index contributed by atoms with van der Waals surface area (Å²) in [7, 11) is 0. The third-order valence-electron chi connectivity index (χ3n) is 3.57. The quantitative estimate of drug-likeness (QED) is 0.748. The van der Waals surface area contributed by atoms with Gasteiger partial charge in [-0.1, -0.05) is 6.92 Å². The molecule has 3 N–H and O–H groups in total. The van der Waals surface area contributed by atoms with Gasteiger partial charge in [-0.15, -0.1) is 0 Å². The van der Waals surface area contributed by atoms with Crippen LogP contribution in [0.3, 0.4) is 0 Å². The Morgan fingerprint density at radius 3 is 3.00 bits per heavy atom. The van der Waals surface area contributed by atoms with E-state index >= 15 is 0 Å². The van der Waals surface area contributed by atoms with Crippen molar-refractivity contribution in [1.29, 1.82) is 0 Å². The minimum absolute atomic E-state index is 0.170. The lowest BCUT2D eigenvalue weighted by Gasteiger charge is -2.35. The highest BCUT2D eigenvalue weighted by atomic mass is 16.1. The molecule has 0 radical (unpaired) electrons. The van der Waals surface area contributed by atoms with Crippen molar-refractivity contribution in [1.82, 2.24) is 19.6 Å². The van der Waals surface area contributed by atoms with Crippen LogP contribution in [0, 0.1) is 12.8 Å². The van der Waals surface area contributed by atoms with Crippen LogP contribution in [0.2, 0.25) is 0 Å². The number of hydrogen-bond donors (Lipinski definition) is 2. The second kappa shape index (κ2) is 4.34. The molecule has 1 aliphatic rings. The molecule has 2 atom stereocenters. The van der Waals surface area contributed by atoms with Gasteiger partial charge in [0.1, 0.15) is 11.6 Å². The van der Waals surface area contributed by atoms with E-state index in [-0.39, 0.29) is 11.7 Å². The van der Waals surface area contributed by atoms with Crippen LogP contribution in [0.5, 0.6) is 0 Å². The van der Waals surface area contributed by atoms with Gasteiger partial charge in [-0.3, -0.25) is 0 Å². The maximum absolute atomic E-state index is 11.6. The highest BCUT2D eigenvalue weighted by Crippen LogP contribution is 2.21. The van der Waals surface area contributed by atoms with Crippen LogP contribution < -0.4 is 16.3 Å². The molecule has 7 nitrogen and oxygen atoms in total. The molecular weight excluding hydrogens is 244 g/mol. The Bertz CT molecular complexity index is 650. The van der Waals surface area contributed by atoms with E-state index in [1.807, 2.05) is 6.07 Å². The first kappa shape index (κ1) is 12.2. The van der Waals surface area contributed by atoms with Crippen LogP contribution in [0.1, 0.15) is 19.2 Å². The summed E-state index contributed by atoms with van der Waals surface area (Å²) in [6.07, 6.45) is 1.04. The summed E-state index contributed by atoms with van der Waals surface area (Å²) in [5.74, 6) is 2.02. The normalized spacial score (nSPS) is 24.1. The number of fused-ring (bicyclic) bond motifs is 1. The molecule has 0 saturated carbocycles. The zero-order chi connectivity index (χ0) is 13.6. The van der Waals surface area contributed by atoms with Crippen molar-refractivity contribution >= 4 is 11.5 Å². The molecule has 0 aliphatic carbocycles. The summed E-state index contributed by atoms with van der Waals surface area (Å²) in [6, 6.07) is 2.00. The van der Waals surface area contributed by atoms with Crippen LogP contribution >= 0.6 is 0 Å². The van der Waals surface area contributed by atoms with E-state index in [1.54, 1.807) is 6.92 Å². The molecule has 3 heterocycles. The van der Waals surface area contributed by atoms with E-state index in [2.05, 4.69) is 27.0 Å². The Hall–Kier alpha value is -1.89. The lowest BCUT2D eigenvalue weighted by atomic mass is 9.97. The van der Waals surface area contributed by atoms with E-state index in [0.29, 0.717) is 17.4 Å². The van der Waals surface area contributed by atoms with Crippen molar-refractivity contribution in [3.8, 4) is 0 Å². The molecule has 2 aromatic rings. The standard InChI is InChI=1S/C12H18N6O/c1-7-3-9(13)6-17(5-7)10-4-11-15-16-12(19)18(11)8(2)14-10/h4,7,9H,3,5-6,13H2,1-2H3,(H,16,19). The van der Waals surface area contributed by atoms with Crippen molar-refractivity contribution in [3.05, 3.63) is 22.4 Å².